The van der Waals surface area contributed by atoms with E-state index in [-0.39, 0.29) is 0 Å². The summed E-state index contributed by atoms with van der Waals surface area (Å²) in [5.41, 5.74) is 4.55. The molecule has 0 radical (unpaired) electrons. The second-order valence-corrected chi connectivity index (χ2v) is 5.76. The average molecular weight is 327 g/mol. The van der Waals surface area contributed by atoms with Crippen molar-refractivity contribution >= 4 is 5.95 Å². The first-order valence-electron chi connectivity index (χ1n) is 7.95. The van der Waals surface area contributed by atoms with Gasteiger partial charge in [0.05, 0.1) is 18.4 Å². The molecule has 0 spiro atoms. The zero-order valence-electron chi connectivity index (χ0n) is 14.4. The van der Waals surface area contributed by atoms with Crippen molar-refractivity contribution in [1.29, 1.82) is 0 Å². The van der Waals surface area contributed by atoms with Crippen LogP contribution in [0.15, 0.2) is 23.1 Å². The Balaban J connectivity index is 1.85. The molecular formula is C16H21N7O. The SMILES string of the molecule is CCCn1ncc(-c2ccnc(N(C)Cc3nonc3C)n2)c1C. The van der Waals surface area contributed by atoms with E-state index in [1.165, 1.54) is 0 Å². The van der Waals surface area contributed by atoms with E-state index in [2.05, 4.69) is 39.2 Å². The fourth-order valence-electron chi connectivity index (χ4n) is 2.51. The Morgan fingerprint density at radius 3 is 2.79 bits per heavy atom. The third-order valence-electron chi connectivity index (χ3n) is 3.93. The average Bonchev–Trinajstić information content (AvgIpc) is 3.15. The van der Waals surface area contributed by atoms with Crippen LogP contribution in [0.5, 0.6) is 0 Å². The van der Waals surface area contributed by atoms with Gasteiger partial charge in [-0.2, -0.15) is 5.10 Å². The van der Waals surface area contributed by atoms with Gasteiger partial charge in [0, 0.05) is 31.0 Å². The lowest BCUT2D eigenvalue weighted by atomic mass is 10.2. The highest BCUT2D eigenvalue weighted by molar-refractivity contribution is 5.61. The molecule has 0 fully saturated rings. The van der Waals surface area contributed by atoms with Crippen LogP contribution in [-0.2, 0) is 13.1 Å². The van der Waals surface area contributed by atoms with E-state index in [0.29, 0.717) is 12.5 Å². The first kappa shape index (κ1) is 16.1. The predicted octanol–water partition coefficient (Wildman–Crippen LogP) is 2.39. The minimum absolute atomic E-state index is 0.535. The van der Waals surface area contributed by atoms with Crippen molar-refractivity contribution < 1.29 is 4.63 Å². The van der Waals surface area contributed by atoms with Gasteiger partial charge >= 0.3 is 0 Å². The fraction of sp³-hybridized carbons (Fsp3) is 0.438. The van der Waals surface area contributed by atoms with Crippen LogP contribution >= 0.6 is 0 Å². The molecule has 0 aliphatic heterocycles. The molecule has 126 valence electrons. The van der Waals surface area contributed by atoms with E-state index in [0.717, 1.165) is 41.3 Å². The Hall–Kier alpha value is -2.77. The molecule has 0 aliphatic carbocycles. The fourth-order valence-corrected chi connectivity index (χ4v) is 2.51. The topological polar surface area (TPSA) is 85.8 Å². The van der Waals surface area contributed by atoms with Crippen molar-refractivity contribution in [3.8, 4) is 11.3 Å². The molecule has 0 bridgehead atoms. The van der Waals surface area contributed by atoms with Crippen molar-refractivity contribution in [1.82, 2.24) is 30.1 Å². The molecule has 3 heterocycles. The normalized spacial score (nSPS) is 11.0. The number of hydrogen-bond acceptors (Lipinski definition) is 7. The van der Waals surface area contributed by atoms with Gasteiger partial charge in [0.2, 0.25) is 5.95 Å². The van der Waals surface area contributed by atoms with Crippen LogP contribution in [0.3, 0.4) is 0 Å². The second kappa shape index (κ2) is 6.77. The van der Waals surface area contributed by atoms with Crippen LogP contribution in [0.2, 0.25) is 0 Å². The van der Waals surface area contributed by atoms with Gasteiger partial charge < -0.3 is 4.90 Å². The van der Waals surface area contributed by atoms with Gasteiger partial charge in [-0.3, -0.25) is 4.68 Å². The van der Waals surface area contributed by atoms with E-state index in [1.54, 1.807) is 6.20 Å². The molecule has 0 saturated heterocycles. The molecule has 0 saturated carbocycles. The van der Waals surface area contributed by atoms with Crippen LogP contribution in [-0.4, -0.2) is 37.1 Å². The summed E-state index contributed by atoms with van der Waals surface area (Å²) in [6.07, 6.45) is 4.67. The van der Waals surface area contributed by atoms with E-state index in [9.17, 15) is 0 Å². The quantitative estimate of drug-likeness (QED) is 0.687. The number of anilines is 1. The number of nitrogens with zero attached hydrogens (tertiary/aromatic N) is 7. The summed E-state index contributed by atoms with van der Waals surface area (Å²) < 4.78 is 6.74. The Kier molecular flexibility index (Phi) is 4.54. The number of rotatable bonds is 6. The Morgan fingerprint density at radius 2 is 2.08 bits per heavy atom. The summed E-state index contributed by atoms with van der Waals surface area (Å²) in [4.78, 5) is 10.9. The van der Waals surface area contributed by atoms with Crippen molar-refractivity contribution in [2.45, 2.75) is 40.3 Å². The van der Waals surface area contributed by atoms with Crippen LogP contribution in [0, 0.1) is 13.8 Å². The summed E-state index contributed by atoms with van der Waals surface area (Å²) >= 11 is 0. The van der Waals surface area contributed by atoms with Gasteiger partial charge in [-0.25, -0.2) is 14.6 Å². The summed E-state index contributed by atoms with van der Waals surface area (Å²) in [5.74, 6) is 0.623. The molecule has 8 nitrogen and oxygen atoms in total. The Morgan fingerprint density at radius 1 is 1.25 bits per heavy atom. The lowest BCUT2D eigenvalue weighted by Crippen LogP contribution is -2.20. The minimum atomic E-state index is 0.535. The molecule has 0 aliphatic rings. The summed E-state index contributed by atoms with van der Waals surface area (Å²) in [6, 6.07) is 1.90. The van der Waals surface area contributed by atoms with Gasteiger partial charge in [-0.15, -0.1) is 0 Å². The van der Waals surface area contributed by atoms with E-state index < -0.39 is 0 Å². The maximum absolute atomic E-state index is 4.74. The number of aromatic nitrogens is 6. The minimum Gasteiger partial charge on any atom is -0.338 e. The zero-order chi connectivity index (χ0) is 17.1. The first-order valence-corrected chi connectivity index (χ1v) is 7.95. The van der Waals surface area contributed by atoms with Gasteiger partial charge in [0.1, 0.15) is 11.4 Å². The Bertz CT molecular complexity index is 823. The third kappa shape index (κ3) is 3.12. The van der Waals surface area contributed by atoms with E-state index in [4.69, 9.17) is 4.63 Å². The molecular weight excluding hydrogens is 306 g/mol. The zero-order valence-corrected chi connectivity index (χ0v) is 14.4. The van der Waals surface area contributed by atoms with Crippen molar-refractivity contribution in [2.24, 2.45) is 0 Å². The largest absolute Gasteiger partial charge is 0.338 e. The maximum Gasteiger partial charge on any atom is 0.225 e. The highest BCUT2D eigenvalue weighted by Crippen LogP contribution is 2.23. The standard InChI is InChI=1S/C16H21N7O/c1-5-8-23-12(3)13(9-18-23)14-6-7-17-16(19-14)22(4)10-15-11(2)20-24-21-15/h6-7,9H,5,8,10H2,1-4H3. The monoisotopic (exact) mass is 327 g/mol. The summed E-state index contributed by atoms with van der Waals surface area (Å²) in [6.45, 7) is 7.50. The Labute approximate surface area is 140 Å². The van der Waals surface area contributed by atoms with Crippen molar-refractivity contribution in [3.05, 3.63) is 35.5 Å². The molecule has 24 heavy (non-hydrogen) atoms. The molecule has 3 aromatic heterocycles. The second-order valence-electron chi connectivity index (χ2n) is 5.76. The van der Waals surface area contributed by atoms with Crippen LogP contribution in [0.4, 0.5) is 5.95 Å². The van der Waals surface area contributed by atoms with Gasteiger partial charge in [-0.05, 0) is 26.3 Å². The lowest BCUT2D eigenvalue weighted by molar-refractivity contribution is 0.301. The van der Waals surface area contributed by atoms with Gasteiger partial charge in [-0.1, -0.05) is 17.2 Å². The van der Waals surface area contributed by atoms with Gasteiger partial charge in [0.15, 0.2) is 0 Å². The summed E-state index contributed by atoms with van der Waals surface area (Å²) in [7, 11) is 1.92. The molecule has 3 aromatic rings. The molecule has 0 amide bonds. The highest BCUT2D eigenvalue weighted by Gasteiger charge is 2.14. The van der Waals surface area contributed by atoms with Crippen LogP contribution in [0.25, 0.3) is 11.3 Å². The first-order chi connectivity index (χ1) is 11.6. The molecule has 0 unspecified atom stereocenters. The van der Waals surface area contributed by atoms with E-state index >= 15 is 0 Å². The number of aryl methyl sites for hydroxylation is 2. The highest BCUT2D eigenvalue weighted by atomic mass is 16.6. The van der Waals surface area contributed by atoms with Crippen LogP contribution < -0.4 is 4.90 Å². The molecule has 0 aromatic carbocycles. The predicted molar refractivity (Wildman–Crippen MR) is 89.4 cm³/mol. The molecule has 0 atom stereocenters. The third-order valence-corrected chi connectivity index (χ3v) is 3.93. The summed E-state index contributed by atoms with van der Waals surface area (Å²) in [5, 5.41) is 12.1. The lowest BCUT2D eigenvalue weighted by Gasteiger charge is -2.16. The van der Waals surface area contributed by atoms with Crippen molar-refractivity contribution in [3.63, 3.8) is 0 Å². The smallest absolute Gasteiger partial charge is 0.225 e. The molecule has 0 N–H and O–H groups in total. The van der Waals surface area contributed by atoms with Crippen LogP contribution in [0.1, 0.15) is 30.4 Å². The van der Waals surface area contributed by atoms with Crippen molar-refractivity contribution in [2.75, 3.05) is 11.9 Å². The molecule has 8 heteroatoms. The maximum atomic E-state index is 4.74. The van der Waals surface area contributed by atoms with E-state index in [1.807, 2.05) is 35.8 Å². The molecule has 3 rings (SSSR count). The number of hydrogen-bond donors (Lipinski definition) is 0. The van der Waals surface area contributed by atoms with Gasteiger partial charge in [0.25, 0.3) is 0 Å².